The van der Waals surface area contributed by atoms with Crippen LogP contribution in [-0.4, -0.2) is 34.8 Å². The maximum Gasteiger partial charge on any atom is 0.249 e. The number of carbonyl (C=O) groups excluding carboxylic acids is 2. The summed E-state index contributed by atoms with van der Waals surface area (Å²) >= 11 is 0. The van der Waals surface area contributed by atoms with Gasteiger partial charge in [0.05, 0.1) is 0 Å². The van der Waals surface area contributed by atoms with Gasteiger partial charge in [0.25, 0.3) is 0 Å². The Morgan fingerprint density at radius 2 is 2.14 bits per heavy atom. The molecule has 2 fully saturated rings. The maximum atomic E-state index is 12.9. The number of allylic oxidation sites excluding steroid dienone is 1. The Morgan fingerprint density at radius 1 is 1.38 bits per heavy atom. The fourth-order valence-corrected chi connectivity index (χ4v) is 3.80. The summed E-state index contributed by atoms with van der Waals surface area (Å²) in [6.45, 7) is 4.59. The van der Waals surface area contributed by atoms with Crippen molar-refractivity contribution in [2.75, 3.05) is 6.54 Å². The van der Waals surface area contributed by atoms with Gasteiger partial charge in [0, 0.05) is 6.54 Å². The number of hydrogen-bond acceptors (Lipinski definition) is 2. The number of nitrogens with zero attached hydrogens (tertiary/aromatic N) is 1. The summed E-state index contributed by atoms with van der Waals surface area (Å²) in [6, 6.07) is -0.286. The van der Waals surface area contributed by atoms with Gasteiger partial charge >= 0.3 is 0 Å². The highest BCUT2D eigenvalue weighted by atomic mass is 16.2. The molecule has 2 amide bonds. The van der Waals surface area contributed by atoms with E-state index in [1.54, 1.807) is 0 Å². The molecule has 0 aromatic rings. The lowest BCUT2D eigenvalue weighted by Gasteiger charge is -2.44. The van der Waals surface area contributed by atoms with E-state index in [0.29, 0.717) is 18.9 Å². The van der Waals surface area contributed by atoms with Crippen molar-refractivity contribution in [3.8, 4) is 0 Å². The van der Waals surface area contributed by atoms with Gasteiger partial charge in [0.15, 0.2) is 0 Å². The van der Waals surface area contributed by atoms with Gasteiger partial charge in [0.2, 0.25) is 11.8 Å². The molecule has 1 aliphatic heterocycles. The van der Waals surface area contributed by atoms with Crippen LogP contribution in [0.25, 0.3) is 0 Å². The molecular formula is C17H26N2O2. The fraction of sp³-hybridized carbons (Fsp3) is 0.765. The molecule has 1 saturated heterocycles. The zero-order valence-electron chi connectivity index (χ0n) is 13.2. The lowest BCUT2D eigenvalue weighted by atomic mass is 9.88. The van der Waals surface area contributed by atoms with E-state index >= 15 is 0 Å². The van der Waals surface area contributed by atoms with Crippen LogP contribution < -0.4 is 5.32 Å². The van der Waals surface area contributed by atoms with Crippen LogP contribution in [0.5, 0.6) is 0 Å². The van der Waals surface area contributed by atoms with Crippen molar-refractivity contribution in [3.63, 3.8) is 0 Å². The molecular weight excluding hydrogens is 264 g/mol. The maximum absolute atomic E-state index is 12.9. The van der Waals surface area contributed by atoms with E-state index in [2.05, 4.69) is 11.4 Å². The molecule has 4 nitrogen and oxygen atoms in total. The normalized spacial score (nSPS) is 33.1. The third-order valence-electron chi connectivity index (χ3n) is 5.36. The SMILES string of the molecule is CCC1C(=O)NC(C)(C2CC2)C(=O)N1CCC1=CCCC1. The molecule has 2 unspecified atom stereocenters. The van der Waals surface area contributed by atoms with Crippen molar-refractivity contribution < 1.29 is 9.59 Å². The van der Waals surface area contributed by atoms with Crippen LogP contribution >= 0.6 is 0 Å². The van der Waals surface area contributed by atoms with E-state index in [-0.39, 0.29) is 17.9 Å². The average molecular weight is 290 g/mol. The summed E-state index contributed by atoms with van der Waals surface area (Å²) < 4.78 is 0. The van der Waals surface area contributed by atoms with E-state index in [4.69, 9.17) is 0 Å². The monoisotopic (exact) mass is 290 g/mol. The predicted octanol–water partition coefficient (Wildman–Crippen LogP) is 2.39. The smallest absolute Gasteiger partial charge is 0.249 e. The quantitative estimate of drug-likeness (QED) is 0.790. The summed E-state index contributed by atoms with van der Waals surface area (Å²) in [7, 11) is 0. The molecule has 0 aromatic carbocycles. The van der Waals surface area contributed by atoms with Gasteiger partial charge < -0.3 is 10.2 Å². The molecule has 0 spiro atoms. The first-order valence-corrected chi connectivity index (χ1v) is 8.37. The van der Waals surface area contributed by atoms with Crippen molar-refractivity contribution in [3.05, 3.63) is 11.6 Å². The molecule has 2 aliphatic carbocycles. The second-order valence-electron chi connectivity index (χ2n) is 6.89. The van der Waals surface area contributed by atoms with Crippen LogP contribution in [0.1, 0.15) is 58.8 Å². The minimum Gasteiger partial charge on any atom is -0.340 e. The third-order valence-corrected chi connectivity index (χ3v) is 5.36. The van der Waals surface area contributed by atoms with Crippen LogP contribution in [0.2, 0.25) is 0 Å². The van der Waals surface area contributed by atoms with E-state index in [9.17, 15) is 9.59 Å². The zero-order valence-corrected chi connectivity index (χ0v) is 13.2. The van der Waals surface area contributed by atoms with Gasteiger partial charge in [-0.1, -0.05) is 18.6 Å². The third kappa shape index (κ3) is 2.60. The number of piperazine rings is 1. The Hall–Kier alpha value is -1.32. The number of carbonyl (C=O) groups is 2. The van der Waals surface area contributed by atoms with E-state index in [1.807, 2.05) is 18.7 Å². The summed E-state index contributed by atoms with van der Waals surface area (Å²) in [6.07, 6.45) is 9.59. The minimum atomic E-state index is -0.660. The van der Waals surface area contributed by atoms with Crippen molar-refractivity contribution >= 4 is 11.8 Å². The number of amides is 2. The molecule has 4 heteroatoms. The summed E-state index contributed by atoms with van der Waals surface area (Å²) in [4.78, 5) is 27.2. The zero-order chi connectivity index (χ0) is 15.0. The van der Waals surface area contributed by atoms with E-state index < -0.39 is 5.54 Å². The fourth-order valence-electron chi connectivity index (χ4n) is 3.80. The van der Waals surface area contributed by atoms with Crippen LogP contribution in [0.15, 0.2) is 11.6 Å². The van der Waals surface area contributed by atoms with Crippen LogP contribution in [0.4, 0.5) is 0 Å². The van der Waals surface area contributed by atoms with Gasteiger partial charge in [-0.05, 0) is 57.8 Å². The summed E-state index contributed by atoms with van der Waals surface area (Å²) in [5, 5.41) is 3.02. The Bertz CT molecular complexity index is 481. The highest BCUT2D eigenvalue weighted by Gasteiger charge is 2.54. The first-order valence-electron chi connectivity index (χ1n) is 8.37. The minimum absolute atomic E-state index is 0.0342. The van der Waals surface area contributed by atoms with E-state index in [1.165, 1.54) is 18.4 Å². The second-order valence-corrected chi connectivity index (χ2v) is 6.89. The van der Waals surface area contributed by atoms with Crippen molar-refractivity contribution in [2.24, 2.45) is 5.92 Å². The summed E-state index contributed by atoms with van der Waals surface area (Å²) in [5.41, 5.74) is 0.795. The first-order chi connectivity index (χ1) is 10.1. The van der Waals surface area contributed by atoms with Gasteiger partial charge in [-0.3, -0.25) is 9.59 Å². The highest BCUT2D eigenvalue weighted by Crippen LogP contribution is 2.42. The topological polar surface area (TPSA) is 49.4 Å². The largest absolute Gasteiger partial charge is 0.340 e. The Labute approximate surface area is 127 Å². The molecule has 1 heterocycles. The Balaban J connectivity index is 1.75. The average Bonchev–Trinajstić information content (AvgIpc) is 3.20. The molecule has 3 rings (SSSR count). The highest BCUT2D eigenvalue weighted by molar-refractivity contribution is 6.00. The van der Waals surface area contributed by atoms with Crippen molar-refractivity contribution in [1.29, 1.82) is 0 Å². The predicted molar refractivity (Wildman–Crippen MR) is 81.6 cm³/mol. The standard InChI is InChI=1S/C17H26N2O2/c1-3-14-15(20)18-17(2,13-8-9-13)16(21)19(14)11-10-12-6-4-5-7-12/h6,13-14H,3-5,7-11H2,1-2H3,(H,18,20). The number of nitrogens with one attached hydrogen (secondary N) is 1. The van der Waals surface area contributed by atoms with Gasteiger partial charge in [-0.15, -0.1) is 0 Å². The van der Waals surface area contributed by atoms with Crippen LogP contribution in [0.3, 0.4) is 0 Å². The Morgan fingerprint density at radius 3 is 2.71 bits per heavy atom. The molecule has 116 valence electrons. The van der Waals surface area contributed by atoms with Gasteiger partial charge in [0.1, 0.15) is 11.6 Å². The lowest BCUT2D eigenvalue weighted by molar-refractivity contribution is -0.155. The second kappa shape index (κ2) is 5.47. The van der Waals surface area contributed by atoms with E-state index in [0.717, 1.165) is 25.7 Å². The number of hydrogen-bond donors (Lipinski definition) is 1. The van der Waals surface area contributed by atoms with Crippen LogP contribution in [0, 0.1) is 5.92 Å². The summed E-state index contributed by atoms with van der Waals surface area (Å²) in [5.74, 6) is 0.502. The van der Waals surface area contributed by atoms with Gasteiger partial charge in [-0.2, -0.15) is 0 Å². The lowest BCUT2D eigenvalue weighted by Crippen LogP contribution is -2.70. The molecule has 2 atom stereocenters. The molecule has 1 N–H and O–H groups in total. The Kier molecular flexibility index (Phi) is 3.80. The number of rotatable bonds is 5. The van der Waals surface area contributed by atoms with Crippen LogP contribution in [-0.2, 0) is 9.59 Å². The van der Waals surface area contributed by atoms with Crippen molar-refractivity contribution in [1.82, 2.24) is 10.2 Å². The molecule has 21 heavy (non-hydrogen) atoms. The molecule has 3 aliphatic rings. The molecule has 0 radical (unpaired) electrons. The molecule has 0 aromatic heterocycles. The first kappa shape index (κ1) is 14.6. The molecule has 1 saturated carbocycles. The molecule has 0 bridgehead atoms. The van der Waals surface area contributed by atoms with Gasteiger partial charge in [-0.25, -0.2) is 0 Å². The van der Waals surface area contributed by atoms with Crippen molar-refractivity contribution in [2.45, 2.75) is 70.4 Å².